The molecule has 0 fully saturated rings. The first-order valence-corrected chi connectivity index (χ1v) is 12.1. The summed E-state index contributed by atoms with van der Waals surface area (Å²) in [6, 6.07) is 8.67. The van der Waals surface area contributed by atoms with Crippen LogP contribution < -0.4 is 0 Å². The zero-order chi connectivity index (χ0) is 17.9. The monoisotopic (exact) mass is 360 g/mol. The lowest BCUT2D eigenvalue weighted by molar-refractivity contribution is 0.441. The zero-order valence-corrected chi connectivity index (χ0v) is 17.8. The molecule has 1 aliphatic heterocycles. The van der Waals surface area contributed by atoms with Gasteiger partial charge in [-0.3, -0.25) is 0 Å². The molecule has 1 atom stereocenters. The van der Waals surface area contributed by atoms with E-state index in [1.807, 2.05) is 17.8 Å². The minimum absolute atomic E-state index is 0.422. The minimum Gasteiger partial charge on any atom is -0.542 e. The first kappa shape index (κ1) is 19.4. The van der Waals surface area contributed by atoms with Crippen molar-refractivity contribution in [2.45, 2.75) is 74.7 Å². The van der Waals surface area contributed by atoms with Crippen LogP contribution in [0.4, 0.5) is 0 Å². The van der Waals surface area contributed by atoms with Gasteiger partial charge in [-0.25, -0.2) is 0 Å². The van der Waals surface area contributed by atoms with Crippen LogP contribution in [-0.2, 0) is 4.43 Å². The first-order valence-electron chi connectivity index (χ1n) is 9.10. The summed E-state index contributed by atoms with van der Waals surface area (Å²) in [6.07, 6.45) is 5.33. The van der Waals surface area contributed by atoms with Gasteiger partial charge in [-0.1, -0.05) is 65.8 Å². The van der Waals surface area contributed by atoms with Gasteiger partial charge in [0.05, 0.1) is 0 Å². The van der Waals surface area contributed by atoms with Crippen LogP contribution in [0.5, 0.6) is 0 Å². The highest BCUT2D eigenvalue weighted by Crippen LogP contribution is 2.48. The summed E-state index contributed by atoms with van der Waals surface area (Å²) < 4.78 is 7.02. The molecule has 24 heavy (non-hydrogen) atoms. The van der Waals surface area contributed by atoms with Crippen LogP contribution in [0.2, 0.25) is 16.6 Å². The molecule has 0 aliphatic carbocycles. The number of benzene rings is 1. The average Bonchev–Trinajstić information content (AvgIpc) is 2.51. The summed E-state index contributed by atoms with van der Waals surface area (Å²) >= 11 is 1.92. The van der Waals surface area contributed by atoms with Gasteiger partial charge in [0.25, 0.3) is 8.32 Å². The lowest BCUT2D eigenvalue weighted by Crippen LogP contribution is -2.47. The third-order valence-corrected chi connectivity index (χ3v) is 12.4. The summed E-state index contributed by atoms with van der Waals surface area (Å²) in [7, 11) is -1.94. The zero-order valence-electron chi connectivity index (χ0n) is 16.0. The fourth-order valence-electron chi connectivity index (χ4n) is 4.14. The molecule has 0 N–H and O–H groups in total. The van der Waals surface area contributed by atoms with E-state index in [-0.39, 0.29) is 0 Å². The quantitative estimate of drug-likeness (QED) is 0.373. The molecular weight excluding hydrogens is 328 g/mol. The Morgan fingerprint density at radius 3 is 2.21 bits per heavy atom. The second-order valence-electron chi connectivity index (χ2n) is 7.63. The molecule has 0 spiro atoms. The van der Waals surface area contributed by atoms with Gasteiger partial charge in [-0.15, -0.1) is 18.3 Å². The largest absolute Gasteiger partial charge is 0.542 e. The van der Waals surface area contributed by atoms with Crippen LogP contribution in [0.15, 0.2) is 47.9 Å². The van der Waals surface area contributed by atoms with Gasteiger partial charge in [0.15, 0.2) is 0 Å². The Balaban J connectivity index is 2.48. The molecule has 1 nitrogen and oxygen atoms in total. The van der Waals surface area contributed by atoms with Crippen molar-refractivity contribution in [3.8, 4) is 0 Å². The molecule has 0 bridgehead atoms. The predicted octanol–water partition coefficient (Wildman–Crippen LogP) is 7.27. The molecule has 2 rings (SSSR count). The van der Waals surface area contributed by atoms with Gasteiger partial charge >= 0.3 is 0 Å². The van der Waals surface area contributed by atoms with E-state index in [0.29, 0.717) is 21.9 Å². The summed E-state index contributed by atoms with van der Waals surface area (Å²) in [5.74, 6) is 1.11. The Kier molecular flexibility index (Phi) is 6.44. The van der Waals surface area contributed by atoms with Crippen LogP contribution >= 0.6 is 11.8 Å². The van der Waals surface area contributed by atoms with Crippen molar-refractivity contribution in [1.29, 1.82) is 0 Å². The number of rotatable bonds is 7. The molecule has 0 saturated heterocycles. The molecule has 1 aromatic rings. The average molecular weight is 361 g/mol. The normalized spacial score (nSPS) is 17.9. The molecule has 0 radical (unpaired) electrons. The number of allylic oxidation sites excluding steroid dienone is 1. The lowest BCUT2D eigenvalue weighted by atomic mass is 10.1. The van der Waals surface area contributed by atoms with Crippen molar-refractivity contribution in [1.82, 2.24) is 0 Å². The van der Waals surface area contributed by atoms with Gasteiger partial charge < -0.3 is 4.43 Å². The van der Waals surface area contributed by atoms with E-state index in [0.717, 1.165) is 12.2 Å². The van der Waals surface area contributed by atoms with Crippen LogP contribution in [0.3, 0.4) is 0 Å². The Morgan fingerprint density at radius 1 is 1.08 bits per heavy atom. The van der Waals surface area contributed by atoms with Crippen LogP contribution in [0.1, 0.15) is 53.5 Å². The van der Waals surface area contributed by atoms with Crippen LogP contribution in [-0.4, -0.2) is 13.6 Å². The van der Waals surface area contributed by atoms with Crippen LogP contribution in [0.25, 0.3) is 5.76 Å². The third kappa shape index (κ3) is 3.67. The highest BCUT2D eigenvalue weighted by Gasteiger charge is 2.47. The highest BCUT2D eigenvalue weighted by atomic mass is 32.2. The highest BCUT2D eigenvalue weighted by molar-refractivity contribution is 8.00. The fraction of sp³-hybridized carbons (Fsp3) is 0.524. The van der Waals surface area contributed by atoms with Crippen molar-refractivity contribution in [2.75, 3.05) is 0 Å². The fourth-order valence-corrected chi connectivity index (χ4v) is 10.6. The second kappa shape index (κ2) is 7.96. The van der Waals surface area contributed by atoms with Gasteiger partial charge in [0, 0.05) is 15.7 Å². The van der Waals surface area contributed by atoms with Crippen molar-refractivity contribution in [3.63, 3.8) is 0 Å². The number of hydrogen-bond acceptors (Lipinski definition) is 2. The number of fused-ring (bicyclic) bond motifs is 1. The van der Waals surface area contributed by atoms with E-state index in [2.05, 4.69) is 78.5 Å². The smallest absolute Gasteiger partial charge is 0.258 e. The Hall–Kier alpha value is -0.933. The van der Waals surface area contributed by atoms with E-state index in [4.69, 9.17) is 4.43 Å². The van der Waals surface area contributed by atoms with E-state index < -0.39 is 8.32 Å². The molecular formula is C21H32OSSi. The maximum absolute atomic E-state index is 7.02. The summed E-state index contributed by atoms with van der Waals surface area (Å²) in [4.78, 5) is 1.33. The minimum atomic E-state index is -1.94. The molecule has 1 aromatic carbocycles. The van der Waals surface area contributed by atoms with Crippen molar-refractivity contribution >= 4 is 25.8 Å². The Labute approximate surface area is 153 Å². The van der Waals surface area contributed by atoms with E-state index in [9.17, 15) is 0 Å². The number of hydrogen-bond donors (Lipinski definition) is 0. The van der Waals surface area contributed by atoms with Gasteiger partial charge in [0.1, 0.15) is 5.76 Å². The van der Waals surface area contributed by atoms with Gasteiger partial charge in [-0.2, -0.15) is 0 Å². The standard InChI is InChI=1S/C21H32OSSi/c1-8-11-18-14-20(19-12-9-10-13-21(19)23-18)22-24(15(2)3,16(4)5)17(6)7/h8-10,12-18H,1,11H2,2-7H3. The lowest BCUT2D eigenvalue weighted by Gasteiger charge is -2.43. The Morgan fingerprint density at radius 2 is 1.67 bits per heavy atom. The first-order chi connectivity index (χ1) is 11.3. The molecule has 3 heteroatoms. The predicted molar refractivity (Wildman–Crippen MR) is 111 cm³/mol. The van der Waals surface area contributed by atoms with Crippen LogP contribution in [0, 0.1) is 0 Å². The SMILES string of the molecule is C=CCC1C=C(O[Si](C(C)C)(C(C)C)C(C)C)c2ccccc2S1. The van der Waals surface area contributed by atoms with Gasteiger partial charge in [0.2, 0.25) is 0 Å². The molecule has 0 saturated carbocycles. The molecule has 0 amide bonds. The molecule has 1 aliphatic rings. The third-order valence-electron chi connectivity index (χ3n) is 5.16. The van der Waals surface area contributed by atoms with Crippen molar-refractivity contribution in [2.24, 2.45) is 0 Å². The molecule has 1 unspecified atom stereocenters. The number of thioether (sulfide) groups is 1. The summed E-state index contributed by atoms with van der Waals surface area (Å²) in [6.45, 7) is 18.0. The molecule has 132 valence electrons. The summed E-state index contributed by atoms with van der Waals surface area (Å²) in [5, 5.41) is 0.422. The Bertz CT molecular complexity index is 582. The van der Waals surface area contributed by atoms with E-state index >= 15 is 0 Å². The second-order valence-corrected chi connectivity index (χ2v) is 14.3. The van der Waals surface area contributed by atoms with Gasteiger partial charge in [-0.05, 0) is 35.2 Å². The van der Waals surface area contributed by atoms with Crippen molar-refractivity contribution < 1.29 is 4.43 Å². The topological polar surface area (TPSA) is 9.23 Å². The maximum Gasteiger partial charge on any atom is 0.258 e. The molecule has 1 heterocycles. The molecule has 0 aromatic heterocycles. The summed E-state index contributed by atoms with van der Waals surface area (Å²) in [5.41, 5.74) is 3.01. The van der Waals surface area contributed by atoms with Crippen molar-refractivity contribution in [3.05, 3.63) is 48.6 Å². The van der Waals surface area contributed by atoms with E-state index in [1.165, 1.54) is 10.5 Å². The maximum atomic E-state index is 7.02. The van der Waals surface area contributed by atoms with E-state index in [1.54, 1.807) is 0 Å².